The number of thiazole rings is 1. The number of rotatable bonds is 7. The van der Waals surface area contributed by atoms with Crippen LogP contribution in [0, 0.1) is 0 Å². The normalized spacial score (nSPS) is 14.4. The molecule has 2 unspecified atom stereocenters. The lowest BCUT2D eigenvalue weighted by molar-refractivity contribution is 0.0926. The van der Waals surface area contributed by atoms with Gasteiger partial charge in [-0.3, -0.25) is 4.79 Å². The molecule has 5 nitrogen and oxygen atoms in total. The van der Waals surface area contributed by atoms with Crippen molar-refractivity contribution in [1.29, 1.82) is 0 Å². The Morgan fingerprint density at radius 2 is 2.11 bits per heavy atom. The highest BCUT2D eigenvalue weighted by Gasteiger charge is 2.15. The number of hydrogen-bond acceptors (Lipinski definition) is 5. The molecule has 6 heteroatoms. The minimum atomic E-state index is -0.125. The quantitative estimate of drug-likeness (QED) is 0.798. The molecule has 0 saturated heterocycles. The van der Waals surface area contributed by atoms with Crippen molar-refractivity contribution in [2.75, 3.05) is 19.6 Å². The molecule has 1 rings (SSSR count). The summed E-state index contributed by atoms with van der Waals surface area (Å²) >= 11 is 1.43. The highest BCUT2D eigenvalue weighted by molar-refractivity contribution is 7.09. The molecule has 0 fully saturated rings. The SMILES string of the molecule is CCN(CC)CC(C)NC(=O)c1csc(C(C)N)n1. The molecule has 0 aliphatic rings. The zero-order valence-electron chi connectivity index (χ0n) is 12.1. The van der Waals surface area contributed by atoms with E-state index in [1.807, 2.05) is 13.8 Å². The van der Waals surface area contributed by atoms with Gasteiger partial charge in [0.1, 0.15) is 10.7 Å². The standard InChI is InChI=1S/C13H24N4OS/c1-5-17(6-2)7-9(3)15-12(18)11-8-19-13(16-11)10(4)14/h8-10H,5-7,14H2,1-4H3,(H,15,18). The van der Waals surface area contributed by atoms with E-state index in [1.54, 1.807) is 5.38 Å². The van der Waals surface area contributed by atoms with Gasteiger partial charge in [-0.25, -0.2) is 4.98 Å². The van der Waals surface area contributed by atoms with Gasteiger partial charge in [-0.05, 0) is 26.9 Å². The average molecular weight is 284 g/mol. The van der Waals surface area contributed by atoms with Crippen molar-refractivity contribution < 1.29 is 4.79 Å². The first-order valence-electron chi connectivity index (χ1n) is 6.72. The van der Waals surface area contributed by atoms with Crippen molar-refractivity contribution in [3.05, 3.63) is 16.1 Å². The Kier molecular flexibility index (Phi) is 6.41. The van der Waals surface area contributed by atoms with Crippen molar-refractivity contribution in [3.8, 4) is 0 Å². The van der Waals surface area contributed by atoms with E-state index in [2.05, 4.69) is 29.0 Å². The van der Waals surface area contributed by atoms with Crippen molar-refractivity contribution in [1.82, 2.24) is 15.2 Å². The molecule has 0 radical (unpaired) electrons. The van der Waals surface area contributed by atoms with E-state index in [-0.39, 0.29) is 18.0 Å². The third-order valence-corrected chi connectivity index (χ3v) is 3.99. The van der Waals surface area contributed by atoms with E-state index in [4.69, 9.17) is 5.73 Å². The van der Waals surface area contributed by atoms with Gasteiger partial charge in [0, 0.05) is 18.0 Å². The van der Waals surface area contributed by atoms with Crippen molar-refractivity contribution in [2.45, 2.75) is 39.8 Å². The van der Waals surface area contributed by atoms with Gasteiger partial charge in [0.15, 0.2) is 0 Å². The predicted octanol–water partition coefficient (Wildman–Crippen LogP) is 1.62. The lowest BCUT2D eigenvalue weighted by atomic mass is 10.3. The zero-order chi connectivity index (χ0) is 14.4. The number of amides is 1. The molecule has 0 aliphatic heterocycles. The molecule has 1 heterocycles. The van der Waals surface area contributed by atoms with Crippen LogP contribution in [0.25, 0.3) is 0 Å². The van der Waals surface area contributed by atoms with Crippen LogP contribution in [0.3, 0.4) is 0 Å². The Labute approximate surface area is 119 Å². The lowest BCUT2D eigenvalue weighted by Crippen LogP contribution is -2.42. The van der Waals surface area contributed by atoms with Crippen LogP contribution in [-0.2, 0) is 0 Å². The first kappa shape index (κ1) is 16.1. The van der Waals surface area contributed by atoms with Crippen LogP contribution in [0.1, 0.15) is 49.2 Å². The van der Waals surface area contributed by atoms with E-state index in [9.17, 15) is 4.79 Å². The topological polar surface area (TPSA) is 71.2 Å². The van der Waals surface area contributed by atoms with Gasteiger partial charge >= 0.3 is 0 Å². The van der Waals surface area contributed by atoms with Crippen LogP contribution in [0.5, 0.6) is 0 Å². The second kappa shape index (κ2) is 7.57. The highest BCUT2D eigenvalue weighted by Crippen LogP contribution is 2.15. The number of nitrogens with one attached hydrogen (secondary N) is 1. The Morgan fingerprint density at radius 1 is 1.47 bits per heavy atom. The fourth-order valence-electron chi connectivity index (χ4n) is 1.81. The molecule has 0 aromatic carbocycles. The zero-order valence-corrected chi connectivity index (χ0v) is 13.0. The fraction of sp³-hybridized carbons (Fsp3) is 0.692. The summed E-state index contributed by atoms with van der Waals surface area (Å²) in [6, 6.07) is -0.0208. The Hall–Kier alpha value is -0.980. The van der Waals surface area contributed by atoms with Crippen LogP contribution in [0.15, 0.2) is 5.38 Å². The molecule has 0 saturated carbocycles. The van der Waals surface area contributed by atoms with Crippen molar-refractivity contribution in [3.63, 3.8) is 0 Å². The van der Waals surface area contributed by atoms with Crippen LogP contribution in [-0.4, -0.2) is 41.5 Å². The smallest absolute Gasteiger partial charge is 0.271 e. The number of likely N-dealkylation sites (N-methyl/N-ethyl adjacent to an activating group) is 1. The molecule has 19 heavy (non-hydrogen) atoms. The summed E-state index contributed by atoms with van der Waals surface area (Å²) < 4.78 is 0. The molecular weight excluding hydrogens is 260 g/mol. The minimum Gasteiger partial charge on any atom is -0.347 e. The Balaban J connectivity index is 2.53. The maximum Gasteiger partial charge on any atom is 0.271 e. The van der Waals surface area contributed by atoms with Crippen LogP contribution in [0.2, 0.25) is 0 Å². The summed E-state index contributed by atoms with van der Waals surface area (Å²) in [6.45, 7) is 10.9. The number of aromatic nitrogens is 1. The van der Waals surface area contributed by atoms with E-state index < -0.39 is 0 Å². The largest absolute Gasteiger partial charge is 0.347 e. The van der Waals surface area contributed by atoms with Crippen LogP contribution >= 0.6 is 11.3 Å². The highest BCUT2D eigenvalue weighted by atomic mass is 32.1. The monoisotopic (exact) mass is 284 g/mol. The molecule has 1 aromatic rings. The van der Waals surface area contributed by atoms with E-state index in [1.165, 1.54) is 11.3 Å². The molecule has 1 aromatic heterocycles. The van der Waals surface area contributed by atoms with Gasteiger partial charge in [-0.2, -0.15) is 0 Å². The van der Waals surface area contributed by atoms with Gasteiger partial charge in [-0.15, -0.1) is 11.3 Å². The first-order valence-corrected chi connectivity index (χ1v) is 7.60. The second-order valence-corrected chi connectivity index (χ2v) is 5.61. The second-order valence-electron chi connectivity index (χ2n) is 4.72. The Morgan fingerprint density at radius 3 is 2.58 bits per heavy atom. The molecule has 0 spiro atoms. The van der Waals surface area contributed by atoms with E-state index in [0.717, 1.165) is 24.6 Å². The van der Waals surface area contributed by atoms with Crippen LogP contribution < -0.4 is 11.1 Å². The number of hydrogen-bond donors (Lipinski definition) is 2. The average Bonchev–Trinajstić information content (AvgIpc) is 2.85. The molecule has 3 N–H and O–H groups in total. The summed E-state index contributed by atoms with van der Waals surface area (Å²) in [5.41, 5.74) is 6.20. The molecule has 108 valence electrons. The fourth-order valence-corrected chi connectivity index (χ4v) is 2.57. The number of carbonyl (C=O) groups excluding carboxylic acids is 1. The van der Waals surface area contributed by atoms with Gasteiger partial charge in [0.2, 0.25) is 0 Å². The van der Waals surface area contributed by atoms with Crippen LogP contribution in [0.4, 0.5) is 0 Å². The van der Waals surface area contributed by atoms with Gasteiger partial charge < -0.3 is 16.0 Å². The summed E-state index contributed by atoms with van der Waals surface area (Å²) in [7, 11) is 0. The number of carbonyl (C=O) groups is 1. The number of nitrogens with zero attached hydrogens (tertiary/aromatic N) is 2. The maximum atomic E-state index is 12.0. The third kappa shape index (κ3) is 4.89. The van der Waals surface area contributed by atoms with Gasteiger partial charge in [0.05, 0.1) is 6.04 Å². The Bertz CT molecular complexity index is 401. The van der Waals surface area contributed by atoms with E-state index in [0.29, 0.717) is 5.69 Å². The third-order valence-electron chi connectivity index (χ3n) is 2.95. The van der Waals surface area contributed by atoms with Crippen molar-refractivity contribution >= 4 is 17.2 Å². The summed E-state index contributed by atoms with van der Waals surface area (Å²) in [4.78, 5) is 18.6. The summed E-state index contributed by atoms with van der Waals surface area (Å²) in [5.74, 6) is -0.122. The van der Waals surface area contributed by atoms with Gasteiger partial charge in [0.25, 0.3) is 5.91 Å². The molecular formula is C13H24N4OS. The summed E-state index contributed by atoms with van der Waals surface area (Å²) in [5, 5.41) is 5.53. The first-order chi connectivity index (χ1) is 8.97. The maximum absolute atomic E-state index is 12.0. The molecule has 2 atom stereocenters. The minimum absolute atomic E-state index is 0.104. The molecule has 0 aliphatic carbocycles. The predicted molar refractivity (Wildman–Crippen MR) is 79.4 cm³/mol. The van der Waals surface area contributed by atoms with Gasteiger partial charge in [-0.1, -0.05) is 13.8 Å². The number of nitrogens with two attached hydrogens (primary N) is 1. The molecule has 0 bridgehead atoms. The molecule has 1 amide bonds. The summed E-state index contributed by atoms with van der Waals surface area (Å²) in [6.07, 6.45) is 0. The van der Waals surface area contributed by atoms with Crippen molar-refractivity contribution in [2.24, 2.45) is 5.73 Å². The lowest BCUT2D eigenvalue weighted by Gasteiger charge is -2.23. The van der Waals surface area contributed by atoms with E-state index >= 15 is 0 Å².